The summed E-state index contributed by atoms with van der Waals surface area (Å²) in [5.74, 6) is 0. The van der Waals surface area contributed by atoms with Crippen LogP contribution >= 0.6 is 0 Å². The van der Waals surface area contributed by atoms with E-state index >= 15 is 0 Å². The summed E-state index contributed by atoms with van der Waals surface area (Å²) >= 11 is -0.174. The predicted molar refractivity (Wildman–Crippen MR) is 58.4 cm³/mol. The van der Waals surface area contributed by atoms with Crippen molar-refractivity contribution in [2.75, 3.05) is 0 Å². The molecular formula is C10H19N2O2Se. The van der Waals surface area contributed by atoms with Gasteiger partial charge in [0.2, 0.25) is 0 Å². The van der Waals surface area contributed by atoms with Crippen LogP contribution in [0.3, 0.4) is 0 Å². The first-order valence-electron chi connectivity index (χ1n) is 4.94. The van der Waals surface area contributed by atoms with E-state index in [1.165, 1.54) is 4.08 Å². The summed E-state index contributed by atoms with van der Waals surface area (Å²) in [4.78, 5) is 0. The molecule has 0 saturated carbocycles. The quantitative estimate of drug-likeness (QED) is 0.687. The maximum absolute atomic E-state index is 12.2. The number of hydrogen-bond acceptors (Lipinski definition) is 3. The predicted octanol–water partition coefficient (Wildman–Crippen LogP) is 1.77. The van der Waals surface area contributed by atoms with Crippen molar-refractivity contribution in [3.8, 4) is 0 Å². The minimum atomic E-state index is -0.845. The molecule has 1 heterocycles. The van der Waals surface area contributed by atoms with Gasteiger partial charge >= 0.3 is 97.5 Å². The number of nitrogens with zero attached hydrogens (tertiary/aromatic N) is 2. The minimum absolute atomic E-state index is 0.174. The molecule has 0 aromatic carbocycles. The SMILES string of the molecule is CC(C)=C1[Se]N(O)C(C)(C)N([O])C1(C)C. The van der Waals surface area contributed by atoms with Crippen LogP contribution in [-0.2, 0) is 5.21 Å². The van der Waals surface area contributed by atoms with Crippen LogP contribution < -0.4 is 0 Å². The standard InChI is InChI=1S/C10H19N2O2Se/c1-7(2)8-9(3,4)11(13)10(5,6)12(14)15-8/h14H,1-6H3. The molecule has 0 aromatic heterocycles. The molecule has 1 rings (SSSR count). The normalized spacial score (nSPS) is 26.8. The molecule has 1 fully saturated rings. The second kappa shape index (κ2) is 3.84. The van der Waals surface area contributed by atoms with Crippen LogP contribution in [0.1, 0.15) is 41.5 Å². The molecular weight excluding hydrogens is 259 g/mol. The fraction of sp³-hybridized carbons (Fsp3) is 0.800. The van der Waals surface area contributed by atoms with Gasteiger partial charge in [0.15, 0.2) is 0 Å². The van der Waals surface area contributed by atoms with E-state index in [1.54, 1.807) is 13.8 Å². The molecule has 1 radical (unpaired) electrons. The molecule has 0 aliphatic carbocycles. The van der Waals surface area contributed by atoms with Gasteiger partial charge in [0.05, 0.1) is 0 Å². The Bertz CT molecular complexity index is 296. The molecule has 0 bridgehead atoms. The summed E-state index contributed by atoms with van der Waals surface area (Å²) in [5, 5.41) is 23.0. The van der Waals surface area contributed by atoms with Gasteiger partial charge in [-0.25, -0.2) is 0 Å². The van der Waals surface area contributed by atoms with Crippen LogP contribution in [0.25, 0.3) is 0 Å². The number of hydrogen-bond donors (Lipinski definition) is 1. The summed E-state index contributed by atoms with van der Waals surface area (Å²) < 4.78 is 2.22. The van der Waals surface area contributed by atoms with Crippen LogP contribution in [0.15, 0.2) is 10.0 Å². The van der Waals surface area contributed by atoms with Gasteiger partial charge < -0.3 is 0 Å². The van der Waals surface area contributed by atoms with Crippen molar-refractivity contribution >= 4 is 15.2 Å². The van der Waals surface area contributed by atoms with Gasteiger partial charge in [-0.05, 0) is 0 Å². The molecule has 0 spiro atoms. The van der Waals surface area contributed by atoms with Crippen molar-refractivity contribution in [3.05, 3.63) is 10.0 Å². The molecule has 0 aromatic rings. The molecule has 1 aliphatic heterocycles. The summed E-state index contributed by atoms with van der Waals surface area (Å²) in [6.07, 6.45) is 0. The molecule has 87 valence electrons. The zero-order valence-corrected chi connectivity index (χ0v) is 11.9. The topological polar surface area (TPSA) is 46.6 Å². The van der Waals surface area contributed by atoms with Crippen molar-refractivity contribution in [2.24, 2.45) is 0 Å². The molecule has 4 nitrogen and oxygen atoms in total. The molecule has 0 amide bonds. The van der Waals surface area contributed by atoms with E-state index < -0.39 is 11.2 Å². The fourth-order valence-corrected chi connectivity index (χ4v) is 3.88. The van der Waals surface area contributed by atoms with E-state index in [2.05, 4.69) is 0 Å². The van der Waals surface area contributed by atoms with Crippen molar-refractivity contribution in [1.82, 2.24) is 9.14 Å². The molecule has 5 heteroatoms. The summed E-state index contributed by atoms with van der Waals surface area (Å²) in [5.41, 5.74) is -0.250. The molecule has 1 aliphatic rings. The summed E-state index contributed by atoms with van der Waals surface area (Å²) in [7, 11) is 0. The zero-order chi connectivity index (χ0) is 12.0. The Balaban J connectivity index is 3.20. The Kier molecular flexibility index (Phi) is 3.37. The van der Waals surface area contributed by atoms with E-state index in [1.807, 2.05) is 27.7 Å². The first kappa shape index (κ1) is 13.2. The first-order valence-corrected chi connectivity index (χ1v) is 6.56. The van der Waals surface area contributed by atoms with E-state index in [0.717, 1.165) is 15.1 Å². The van der Waals surface area contributed by atoms with E-state index in [9.17, 15) is 10.4 Å². The molecule has 0 unspecified atom stereocenters. The van der Waals surface area contributed by atoms with Crippen molar-refractivity contribution < 1.29 is 10.4 Å². The first-order chi connectivity index (χ1) is 6.61. The van der Waals surface area contributed by atoms with Crippen LogP contribution in [0.5, 0.6) is 0 Å². The molecule has 0 atom stereocenters. The third-order valence-corrected chi connectivity index (χ3v) is 6.25. The third-order valence-electron chi connectivity index (χ3n) is 2.66. The summed E-state index contributed by atoms with van der Waals surface area (Å²) in [6, 6.07) is 0. The Labute approximate surface area is 97.8 Å². The van der Waals surface area contributed by atoms with Gasteiger partial charge in [0.25, 0.3) is 0 Å². The Morgan fingerprint density at radius 1 is 1.27 bits per heavy atom. The fourth-order valence-electron chi connectivity index (χ4n) is 1.87. The van der Waals surface area contributed by atoms with Gasteiger partial charge in [0, 0.05) is 0 Å². The van der Waals surface area contributed by atoms with E-state index in [0.29, 0.717) is 0 Å². The Morgan fingerprint density at radius 2 is 1.73 bits per heavy atom. The van der Waals surface area contributed by atoms with Gasteiger partial charge in [-0.3, -0.25) is 0 Å². The maximum atomic E-state index is 12.2. The van der Waals surface area contributed by atoms with Crippen molar-refractivity contribution in [1.29, 1.82) is 0 Å². The van der Waals surface area contributed by atoms with Gasteiger partial charge in [-0.15, -0.1) is 0 Å². The second-order valence-electron chi connectivity index (χ2n) is 5.04. The van der Waals surface area contributed by atoms with Gasteiger partial charge in [-0.2, -0.15) is 0 Å². The second-order valence-corrected chi connectivity index (χ2v) is 7.01. The molecule has 1 saturated heterocycles. The number of allylic oxidation sites excluding steroid dienone is 1. The van der Waals surface area contributed by atoms with Crippen LogP contribution in [0, 0.1) is 0 Å². The van der Waals surface area contributed by atoms with Crippen molar-refractivity contribution in [3.63, 3.8) is 0 Å². The average Bonchev–Trinajstić information content (AvgIpc) is 2.09. The van der Waals surface area contributed by atoms with Crippen LogP contribution in [0.2, 0.25) is 0 Å². The van der Waals surface area contributed by atoms with Crippen molar-refractivity contribution in [2.45, 2.75) is 52.7 Å². The Morgan fingerprint density at radius 3 is 2.13 bits per heavy atom. The number of rotatable bonds is 0. The van der Waals surface area contributed by atoms with E-state index in [4.69, 9.17) is 0 Å². The third kappa shape index (κ3) is 2.00. The molecule has 1 N–H and O–H groups in total. The average molecular weight is 278 g/mol. The summed E-state index contributed by atoms with van der Waals surface area (Å²) in [6.45, 7) is 11.3. The van der Waals surface area contributed by atoms with Crippen LogP contribution in [-0.4, -0.2) is 40.7 Å². The van der Waals surface area contributed by atoms with Gasteiger partial charge in [0.1, 0.15) is 0 Å². The Hall–Kier alpha value is 0.0995. The monoisotopic (exact) mass is 279 g/mol. The van der Waals surface area contributed by atoms with Gasteiger partial charge in [-0.1, -0.05) is 0 Å². The van der Waals surface area contributed by atoms with E-state index in [-0.39, 0.29) is 15.2 Å². The number of hydroxylamine groups is 3. The molecule has 15 heavy (non-hydrogen) atoms. The van der Waals surface area contributed by atoms with Crippen LogP contribution in [0.4, 0.5) is 0 Å². The zero-order valence-electron chi connectivity index (χ0n) is 10.2.